The molecule has 0 bridgehead atoms. The molecule has 0 saturated carbocycles. The molecule has 1 saturated heterocycles. The Hall–Kier alpha value is -0.610. The van der Waals surface area contributed by atoms with Gasteiger partial charge >= 0.3 is 0 Å². The summed E-state index contributed by atoms with van der Waals surface area (Å²) in [6, 6.07) is 0. The van der Waals surface area contributed by atoms with Gasteiger partial charge < -0.3 is 15.3 Å². The van der Waals surface area contributed by atoms with Crippen LogP contribution in [0.2, 0.25) is 0 Å². The molecule has 1 fully saturated rings. The van der Waals surface area contributed by atoms with Crippen molar-refractivity contribution in [2.45, 2.75) is 26.2 Å². The summed E-state index contributed by atoms with van der Waals surface area (Å²) in [6.07, 6.45) is 4.01. The van der Waals surface area contributed by atoms with E-state index in [9.17, 15) is 4.79 Å². The number of carbonyl (C=O) groups excluding carboxylic acids is 1. The van der Waals surface area contributed by atoms with E-state index in [4.69, 9.17) is 5.11 Å². The molecule has 84 valence electrons. The van der Waals surface area contributed by atoms with Crippen LogP contribution in [0, 0.1) is 0 Å². The summed E-state index contributed by atoms with van der Waals surface area (Å²) in [4.78, 5) is 13.0. The van der Waals surface area contributed by atoms with Crippen molar-refractivity contribution >= 4 is 5.91 Å². The summed E-state index contributed by atoms with van der Waals surface area (Å²) >= 11 is 0. The Morgan fingerprint density at radius 2 is 1.86 bits per heavy atom. The van der Waals surface area contributed by atoms with Crippen molar-refractivity contribution in [3.63, 3.8) is 0 Å². The van der Waals surface area contributed by atoms with Gasteiger partial charge in [-0.15, -0.1) is 0 Å². The topological polar surface area (TPSA) is 52.6 Å². The highest BCUT2D eigenvalue weighted by Crippen LogP contribution is 2.06. The van der Waals surface area contributed by atoms with E-state index in [-0.39, 0.29) is 5.91 Å². The van der Waals surface area contributed by atoms with Crippen LogP contribution in [0.4, 0.5) is 0 Å². The zero-order valence-electron chi connectivity index (χ0n) is 9.25. The van der Waals surface area contributed by atoms with Gasteiger partial charge in [0.05, 0.1) is 0 Å². The lowest BCUT2D eigenvalue weighted by Crippen LogP contribution is -2.36. The molecule has 0 aromatic rings. The number of rotatable bonds is 3. The highest BCUT2D eigenvalue weighted by atomic mass is 16.2. The number of nitrogens with one attached hydrogen (secondary N) is 1. The number of aliphatic hydroxyl groups is 1. The van der Waals surface area contributed by atoms with Gasteiger partial charge in [0.25, 0.3) is 0 Å². The van der Waals surface area contributed by atoms with Crippen LogP contribution in [-0.2, 0) is 4.79 Å². The molecule has 2 N–H and O–H groups in total. The summed E-state index contributed by atoms with van der Waals surface area (Å²) in [5.74, 6) is 0.0759. The average Bonchev–Trinajstić information content (AvgIpc) is 2.22. The van der Waals surface area contributed by atoms with Gasteiger partial charge in [0.15, 0.2) is 0 Å². The zero-order valence-corrected chi connectivity index (χ0v) is 9.25. The fraction of sp³-hybridized carbons (Fsp3) is 0.900. The van der Waals surface area contributed by atoms with Crippen LogP contribution in [0.1, 0.15) is 26.2 Å². The number of amides is 1. The van der Waals surface area contributed by atoms with E-state index in [0.29, 0.717) is 0 Å². The second-order valence-corrected chi connectivity index (χ2v) is 3.39. The molecule has 0 spiro atoms. The molecule has 1 heterocycles. The summed E-state index contributed by atoms with van der Waals surface area (Å²) in [5.41, 5.74) is 0. The zero-order chi connectivity index (χ0) is 10.8. The highest BCUT2D eigenvalue weighted by molar-refractivity contribution is 5.72. The monoisotopic (exact) mass is 202 g/mol. The molecule has 0 aliphatic carbocycles. The minimum atomic E-state index is 0.0759. The van der Waals surface area contributed by atoms with E-state index in [1.165, 1.54) is 32.4 Å². The number of hydrogen-bond donors (Lipinski definition) is 2. The van der Waals surface area contributed by atoms with Gasteiger partial charge in [-0.1, -0.05) is 6.42 Å². The van der Waals surface area contributed by atoms with Crippen LogP contribution in [0.25, 0.3) is 0 Å². The Morgan fingerprint density at radius 3 is 2.36 bits per heavy atom. The Kier molecular flexibility index (Phi) is 8.57. The maximum absolute atomic E-state index is 10.6. The van der Waals surface area contributed by atoms with Crippen molar-refractivity contribution in [1.29, 1.82) is 0 Å². The number of aliphatic hydroxyl groups excluding tert-OH is 1. The first-order chi connectivity index (χ1) is 6.79. The maximum Gasteiger partial charge on any atom is 0.216 e. The number of carbonyl (C=O) groups is 1. The largest absolute Gasteiger partial charge is 0.400 e. The van der Waals surface area contributed by atoms with Crippen LogP contribution in [0.3, 0.4) is 0 Å². The predicted octanol–water partition coefficient (Wildman–Crippen LogP) is 0.217. The summed E-state index contributed by atoms with van der Waals surface area (Å²) in [7, 11) is 1.00. The smallest absolute Gasteiger partial charge is 0.216 e. The SMILES string of the molecule is CC(=O)NCCN1CCCCC1.CO. The van der Waals surface area contributed by atoms with Crippen molar-refractivity contribution in [3.8, 4) is 0 Å². The molecule has 1 aliphatic heterocycles. The third-order valence-corrected chi connectivity index (χ3v) is 2.25. The van der Waals surface area contributed by atoms with Crippen LogP contribution in [0.15, 0.2) is 0 Å². The fourth-order valence-electron chi connectivity index (χ4n) is 1.57. The van der Waals surface area contributed by atoms with Gasteiger partial charge in [-0.05, 0) is 25.9 Å². The molecule has 0 radical (unpaired) electrons. The molecule has 0 atom stereocenters. The number of hydrogen-bond acceptors (Lipinski definition) is 3. The molecule has 4 nitrogen and oxygen atoms in total. The normalized spacial score (nSPS) is 16.8. The van der Waals surface area contributed by atoms with Gasteiger partial charge in [0, 0.05) is 27.1 Å². The van der Waals surface area contributed by atoms with E-state index in [2.05, 4.69) is 10.2 Å². The van der Waals surface area contributed by atoms with Crippen LogP contribution in [-0.4, -0.2) is 49.2 Å². The molecule has 1 aliphatic rings. The van der Waals surface area contributed by atoms with Gasteiger partial charge in [0.2, 0.25) is 5.91 Å². The molecule has 0 aromatic heterocycles. The van der Waals surface area contributed by atoms with Gasteiger partial charge in [-0.25, -0.2) is 0 Å². The predicted molar refractivity (Wildman–Crippen MR) is 57.1 cm³/mol. The van der Waals surface area contributed by atoms with Gasteiger partial charge in [-0.3, -0.25) is 4.79 Å². The summed E-state index contributed by atoms with van der Waals surface area (Å²) < 4.78 is 0. The minimum Gasteiger partial charge on any atom is -0.400 e. The number of likely N-dealkylation sites (tertiary alicyclic amines) is 1. The van der Waals surface area contributed by atoms with Crippen LogP contribution >= 0.6 is 0 Å². The molecule has 4 heteroatoms. The second-order valence-electron chi connectivity index (χ2n) is 3.39. The molecule has 14 heavy (non-hydrogen) atoms. The van der Waals surface area contributed by atoms with E-state index in [0.717, 1.165) is 20.2 Å². The van der Waals surface area contributed by atoms with Crippen LogP contribution < -0.4 is 5.32 Å². The van der Waals surface area contributed by atoms with Crippen molar-refractivity contribution in [1.82, 2.24) is 10.2 Å². The average molecular weight is 202 g/mol. The second kappa shape index (κ2) is 8.97. The summed E-state index contributed by atoms with van der Waals surface area (Å²) in [6.45, 7) is 5.80. The van der Waals surface area contributed by atoms with E-state index < -0.39 is 0 Å². The lowest BCUT2D eigenvalue weighted by atomic mass is 10.1. The van der Waals surface area contributed by atoms with E-state index in [1.807, 2.05) is 0 Å². The lowest BCUT2D eigenvalue weighted by molar-refractivity contribution is -0.119. The Labute approximate surface area is 86.3 Å². The first-order valence-electron chi connectivity index (χ1n) is 5.20. The van der Waals surface area contributed by atoms with Crippen molar-refractivity contribution in [2.75, 3.05) is 33.3 Å². The summed E-state index contributed by atoms with van der Waals surface area (Å²) in [5, 5.41) is 9.81. The van der Waals surface area contributed by atoms with Crippen molar-refractivity contribution < 1.29 is 9.90 Å². The number of nitrogens with zero attached hydrogens (tertiary/aromatic N) is 1. The standard InChI is InChI=1S/C9H18N2O.CH4O/c1-9(12)10-5-8-11-6-3-2-4-7-11;1-2/h2-8H2,1H3,(H,10,12);2H,1H3. The molecular formula is C10H22N2O2. The fourth-order valence-corrected chi connectivity index (χ4v) is 1.57. The third kappa shape index (κ3) is 6.86. The molecule has 1 rings (SSSR count). The Morgan fingerprint density at radius 1 is 1.29 bits per heavy atom. The van der Waals surface area contributed by atoms with E-state index >= 15 is 0 Å². The quantitative estimate of drug-likeness (QED) is 0.688. The third-order valence-electron chi connectivity index (χ3n) is 2.25. The first-order valence-corrected chi connectivity index (χ1v) is 5.20. The maximum atomic E-state index is 10.6. The van der Waals surface area contributed by atoms with Crippen LogP contribution in [0.5, 0.6) is 0 Å². The number of piperidine rings is 1. The lowest BCUT2D eigenvalue weighted by Gasteiger charge is -2.26. The van der Waals surface area contributed by atoms with Crippen molar-refractivity contribution in [3.05, 3.63) is 0 Å². The first kappa shape index (κ1) is 13.4. The molecule has 0 aromatic carbocycles. The Balaban J connectivity index is 0.000000791. The molecular weight excluding hydrogens is 180 g/mol. The molecule has 1 amide bonds. The van der Waals surface area contributed by atoms with Gasteiger partial charge in [0.1, 0.15) is 0 Å². The minimum absolute atomic E-state index is 0.0759. The molecule has 0 unspecified atom stereocenters. The van der Waals surface area contributed by atoms with Crippen molar-refractivity contribution in [2.24, 2.45) is 0 Å². The van der Waals surface area contributed by atoms with E-state index in [1.54, 1.807) is 6.92 Å². The van der Waals surface area contributed by atoms with Gasteiger partial charge in [-0.2, -0.15) is 0 Å². The Bertz CT molecular complexity index is 145. The highest BCUT2D eigenvalue weighted by Gasteiger charge is 2.08.